The van der Waals surface area contributed by atoms with Gasteiger partial charge < -0.3 is 5.32 Å². The zero-order valence-electron chi connectivity index (χ0n) is 11.0. The molecule has 0 bridgehead atoms. The Balaban J connectivity index is 1.85. The highest BCUT2D eigenvalue weighted by Gasteiger charge is 2.19. The highest BCUT2D eigenvalue weighted by atomic mass is 32.1. The maximum absolute atomic E-state index is 4.45. The van der Waals surface area contributed by atoms with Crippen LogP contribution in [0.25, 0.3) is 10.2 Å². The van der Waals surface area contributed by atoms with Gasteiger partial charge in [-0.3, -0.25) is 4.98 Å². The molecule has 1 aliphatic carbocycles. The molecular formula is C15H14N4S. The first kappa shape index (κ1) is 11.8. The lowest BCUT2D eigenvalue weighted by atomic mass is 9.97. The average molecular weight is 282 g/mol. The maximum Gasteiger partial charge on any atom is 0.142 e. The van der Waals surface area contributed by atoms with E-state index in [0.717, 1.165) is 22.8 Å². The Kier molecular flexibility index (Phi) is 2.85. The van der Waals surface area contributed by atoms with Gasteiger partial charge in [-0.15, -0.1) is 11.3 Å². The van der Waals surface area contributed by atoms with Crippen molar-refractivity contribution in [2.24, 2.45) is 0 Å². The third-order valence-electron chi connectivity index (χ3n) is 3.69. The van der Waals surface area contributed by atoms with Crippen molar-refractivity contribution in [3.8, 4) is 0 Å². The molecule has 0 fully saturated rings. The third kappa shape index (κ3) is 1.94. The highest BCUT2D eigenvalue weighted by Crippen LogP contribution is 2.38. The zero-order valence-corrected chi connectivity index (χ0v) is 11.8. The van der Waals surface area contributed by atoms with Crippen molar-refractivity contribution in [2.75, 3.05) is 5.32 Å². The van der Waals surface area contributed by atoms with Crippen LogP contribution in [-0.4, -0.2) is 15.0 Å². The summed E-state index contributed by atoms with van der Waals surface area (Å²) in [7, 11) is 0. The van der Waals surface area contributed by atoms with E-state index in [1.807, 2.05) is 23.5 Å². The van der Waals surface area contributed by atoms with E-state index in [1.165, 1.54) is 35.1 Å². The quantitative estimate of drug-likeness (QED) is 0.778. The second-order valence-electron chi connectivity index (χ2n) is 4.97. The average Bonchev–Trinajstić information content (AvgIpc) is 2.88. The molecule has 0 saturated heterocycles. The number of hydrogen-bond donors (Lipinski definition) is 1. The molecule has 0 unspecified atom stereocenters. The molecule has 0 saturated carbocycles. The van der Waals surface area contributed by atoms with Crippen LogP contribution >= 0.6 is 11.3 Å². The van der Waals surface area contributed by atoms with Gasteiger partial charge in [0.1, 0.15) is 17.0 Å². The van der Waals surface area contributed by atoms with Crippen molar-refractivity contribution in [2.45, 2.75) is 25.7 Å². The van der Waals surface area contributed by atoms with Crippen LogP contribution in [0.15, 0.2) is 30.9 Å². The first-order valence-corrected chi connectivity index (χ1v) is 7.66. The minimum Gasteiger partial charge on any atom is -0.339 e. The Labute approximate surface area is 120 Å². The SMILES string of the molecule is c1cc(Nc2ncnc3sc4c(c23)CCCC4)ccn1. The molecule has 0 aliphatic heterocycles. The van der Waals surface area contributed by atoms with E-state index >= 15 is 0 Å². The van der Waals surface area contributed by atoms with E-state index < -0.39 is 0 Å². The lowest BCUT2D eigenvalue weighted by Crippen LogP contribution is -2.00. The molecule has 1 aliphatic rings. The predicted molar refractivity (Wildman–Crippen MR) is 81.6 cm³/mol. The van der Waals surface area contributed by atoms with Gasteiger partial charge in [0.25, 0.3) is 0 Å². The maximum atomic E-state index is 4.45. The van der Waals surface area contributed by atoms with E-state index in [2.05, 4.69) is 20.3 Å². The second kappa shape index (κ2) is 4.83. The van der Waals surface area contributed by atoms with Crippen LogP contribution in [0.2, 0.25) is 0 Å². The first-order valence-electron chi connectivity index (χ1n) is 6.84. The number of nitrogens with zero attached hydrogens (tertiary/aromatic N) is 3. The molecule has 4 rings (SSSR count). The number of fused-ring (bicyclic) bond motifs is 3. The van der Waals surface area contributed by atoms with Crippen molar-refractivity contribution >= 4 is 33.1 Å². The van der Waals surface area contributed by atoms with Crippen molar-refractivity contribution in [3.63, 3.8) is 0 Å². The van der Waals surface area contributed by atoms with Gasteiger partial charge in [0.15, 0.2) is 0 Å². The molecule has 20 heavy (non-hydrogen) atoms. The number of nitrogens with one attached hydrogen (secondary N) is 1. The Bertz CT molecular complexity index is 751. The van der Waals surface area contributed by atoms with Crippen LogP contribution in [-0.2, 0) is 12.8 Å². The van der Waals surface area contributed by atoms with Gasteiger partial charge in [-0.2, -0.15) is 0 Å². The van der Waals surface area contributed by atoms with Crippen LogP contribution in [0.3, 0.4) is 0 Å². The van der Waals surface area contributed by atoms with Crippen molar-refractivity contribution in [1.29, 1.82) is 0 Å². The minimum absolute atomic E-state index is 0.917. The van der Waals surface area contributed by atoms with Crippen molar-refractivity contribution < 1.29 is 0 Å². The van der Waals surface area contributed by atoms with E-state index in [1.54, 1.807) is 18.7 Å². The molecule has 100 valence electrons. The van der Waals surface area contributed by atoms with Gasteiger partial charge in [0.05, 0.1) is 5.39 Å². The van der Waals surface area contributed by atoms with Gasteiger partial charge in [-0.05, 0) is 43.4 Å². The Morgan fingerprint density at radius 2 is 1.90 bits per heavy atom. The number of anilines is 2. The van der Waals surface area contributed by atoms with Crippen LogP contribution in [0, 0.1) is 0 Å². The Morgan fingerprint density at radius 1 is 1.05 bits per heavy atom. The standard InChI is InChI=1S/C15H14N4S/c1-2-4-12-11(3-1)13-14(17-9-18-15(13)20-12)19-10-5-7-16-8-6-10/h5-9H,1-4H2,(H,16,17,18,19). The van der Waals surface area contributed by atoms with E-state index in [-0.39, 0.29) is 0 Å². The molecule has 5 heteroatoms. The lowest BCUT2D eigenvalue weighted by Gasteiger charge is -2.12. The van der Waals surface area contributed by atoms with Crippen LogP contribution in [0.5, 0.6) is 0 Å². The molecule has 0 spiro atoms. The highest BCUT2D eigenvalue weighted by molar-refractivity contribution is 7.19. The summed E-state index contributed by atoms with van der Waals surface area (Å²) in [5, 5.41) is 4.61. The van der Waals surface area contributed by atoms with Crippen LogP contribution in [0.1, 0.15) is 23.3 Å². The minimum atomic E-state index is 0.917. The molecular weight excluding hydrogens is 268 g/mol. The number of aryl methyl sites for hydroxylation is 2. The number of hydrogen-bond acceptors (Lipinski definition) is 5. The topological polar surface area (TPSA) is 50.7 Å². The molecule has 3 aromatic rings. The Morgan fingerprint density at radius 3 is 2.80 bits per heavy atom. The first-order chi connectivity index (χ1) is 9.92. The summed E-state index contributed by atoms with van der Waals surface area (Å²) in [6.45, 7) is 0. The summed E-state index contributed by atoms with van der Waals surface area (Å²) in [6, 6.07) is 3.90. The Hall–Kier alpha value is -2.01. The molecule has 0 amide bonds. The van der Waals surface area contributed by atoms with Crippen molar-refractivity contribution in [1.82, 2.24) is 15.0 Å². The summed E-state index contributed by atoms with van der Waals surface area (Å²) in [6.07, 6.45) is 10.1. The van der Waals surface area contributed by atoms with Gasteiger partial charge >= 0.3 is 0 Å². The number of pyridine rings is 1. The number of aromatic nitrogens is 3. The fourth-order valence-electron chi connectivity index (χ4n) is 2.76. The number of thiophene rings is 1. The van der Waals surface area contributed by atoms with Gasteiger partial charge in [-0.1, -0.05) is 0 Å². The van der Waals surface area contributed by atoms with Crippen LogP contribution < -0.4 is 5.32 Å². The van der Waals surface area contributed by atoms with E-state index in [9.17, 15) is 0 Å². The van der Waals surface area contributed by atoms with Gasteiger partial charge in [-0.25, -0.2) is 9.97 Å². The molecule has 1 N–H and O–H groups in total. The monoisotopic (exact) mass is 282 g/mol. The van der Waals surface area contributed by atoms with Crippen molar-refractivity contribution in [3.05, 3.63) is 41.3 Å². The van der Waals surface area contributed by atoms with Crippen LogP contribution in [0.4, 0.5) is 11.5 Å². The summed E-state index contributed by atoms with van der Waals surface area (Å²) in [4.78, 5) is 15.5. The normalized spacial score (nSPS) is 14.2. The summed E-state index contributed by atoms with van der Waals surface area (Å²) in [5.74, 6) is 0.917. The van der Waals surface area contributed by atoms with E-state index in [4.69, 9.17) is 0 Å². The predicted octanol–water partition coefficient (Wildman–Crippen LogP) is 3.71. The lowest BCUT2D eigenvalue weighted by molar-refractivity contribution is 0.700. The zero-order chi connectivity index (χ0) is 13.4. The largest absolute Gasteiger partial charge is 0.339 e. The van der Waals surface area contributed by atoms with Gasteiger partial charge in [0, 0.05) is 23.0 Å². The van der Waals surface area contributed by atoms with Gasteiger partial charge in [0.2, 0.25) is 0 Å². The summed E-state index contributed by atoms with van der Waals surface area (Å²) in [5.41, 5.74) is 2.46. The third-order valence-corrected chi connectivity index (χ3v) is 4.89. The molecule has 0 atom stereocenters. The molecule has 3 heterocycles. The second-order valence-corrected chi connectivity index (χ2v) is 6.06. The molecule has 4 nitrogen and oxygen atoms in total. The molecule has 3 aromatic heterocycles. The fraction of sp³-hybridized carbons (Fsp3) is 0.267. The van der Waals surface area contributed by atoms with E-state index in [0.29, 0.717) is 0 Å². The fourth-order valence-corrected chi connectivity index (χ4v) is 3.99. The summed E-state index contributed by atoms with van der Waals surface area (Å²) < 4.78 is 0. The number of rotatable bonds is 2. The summed E-state index contributed by atoms with van der Waals surface area (Å²) >= 11 is 1.82. The smallest absolute Gasteiger partial charge is 0.142 e. The molecule has 0 radical (unpaired) electrons. The molecule has 0 aromatic carbocycles.